The molecule has 0 saturated heterocycles. The van der Waals surface area contributed by atoms with Crippen LogP contribution in [-0.2, 0) is 11.3 Å². The molecule has 1 aromatic rings. The minimum atomic E-state index is -0.0815. The lowest BCUT2D eigenvalue weighted by molar-refractivity contribution is 0.141. The molecule has 14 heavy (non-hydrogen) atoms. The molecule has 1 saturated carbocycles. The first-order valence-corrected chi connectivity index (χ1v) is 4.91. The molecule has 0 atom stereocenters. The van der Waals surface area contributed by atoms with E-state index in [0.717, 1.165) is 24.0 Å². The normalized spacial score (nSPS) is 15.9. The highest BCUT2D eigenvalue weighted by atomic mass is 19.1. The van der Waals surface area contributed by atoms with Gasteiger partial charge in [-0.3, -0.25) is 0 Å². The van der Waals surface area contributed by atoms with E-state index in [-0.39, 0.29) is 5.82 Å². The summed E-state index contributed by atoms with van der Waals surface area (Å²) in [5, 5.41) is 0. The number of nitrogens with two attached hydrogens (primary N) is 1. The molecular formula is C11H14FNO. The monoisotopic (exact) mass is 195 g/mol. The van der Waals surface area contributed by atoms with E-state index in [2.05, 4.69) is 4.84 Å². The quantitative estimate of drug-likeness (QED) is 0.747. The van der Waals surface area contributed by atoms with Gasteiger partial charge in [-0.25, -0.2) is 10.3 Å². The molecule has 1 aliphatic rings. The van der Waals surface area contributed by atoms with Crippen molar-refractivity contribution in [1.82, 2.24) is 0 Å². The molecular weight excluding hydrogens is 181 g/mol. The SMILES string of the molecule is NOCCc1ccc(C2CC2)c(F)c1. The van der Waals surface area contributed by atoms with Crippen LogP contribution < -0.4 is 5.90 Å². The van der Waals surface area contributed by atoms with Gasteiger partial charge in [-0.15, -0.1) is 0 Å². The van der Waals surface area contributed by atoms with Gasteiger partial charge in [0.05, 0.1) is 6.61 Å². The highest BCUT2D eigenvalue weighted by molar-refractivity contribution is 5.29. The second-order valence-electron chi connectivity index (χ2n) is 3.75. The lowest BCUT2D eigenvalue weighted by Gasteiger charge is -2.04. The third-order valence-electron chi connectivity index (χ3n) is 2.59. The Balaban J connectivity index is 2.09. The maximum atomic E-state index is 13.5. The van der Waals surface area contributed by atoms with Crippen molar-refractivity contribution in [2.75, 3.05) is 6.61 Å². The van der Waals surface area contributed by atoms with Crippen molar-refractivity contribution in [3.05, 3.63) is 35.1 Å². The molecule has 0 heterocycles. The zero-order chi connectivity index (χ0) is 9.97. The van der Waals surface area contributed by atoms with Crippen LogP contribution in [0.1, 0.15) is 29.9 Å². The second-order valence-corrected chi connectivity index (χ2v) is 3.75. The van der Waals surface area contributed by atoms with Gasteiger partial charge in [0.25, 0.3) is 0 Å². The van der Waals surface area contributed by atoms with Crippen LogP contribution in [0.2, 0.25) is 0 Å². The van der Waals surface area contributed by atoms with E-state index in [1.807, 2.05) is 12.1 Å². The van der Waals surface area contributed by atoms with E-state index in [0.29, 0.717) is 18.9 Å². The molecule has 2 rings (SSSR count). The predicted molar refractivity (Wildman–Crippen MR) is 52.2 cm³/mol. The Morgan fingerprint density at radius 2 is 2.21 bits per heavy atom. The van der Waals surface area contributed by atoms with Gasteiger partial charge in [-0.2, -0.15) is 0 Å². The average molecular weight is 195 g/mol. The molecule has 1 aliphatic carbocycles. The van der Waals surface area contributed by atoms with Crippen LogP contribution in [0, 0.1) is 5.82 Å². The summed E-state index contributed by atoms with van der Waals surface area (Å²) in [5.41, 5.74) is 1.81. The van der Waals surface area contributed by atoms with E-state index in [1.165, 1.54) is 0 Å². The minimum Gasteiger partial charge on any atom is -0.304 e. The summed E-state index contributed by atoms with van der Waals surface area (Å²) in [6, 6.07) is 5.43. The molecule has 0 bridgehead atoms. The van der Waals surface area contributed by atoms with Crippen LogP contribution in [0.25, 0.3) is 0 Å². The van der Waals surface area contributed by atoms with E-state index >= 15 is 0 Å². The number of hydrogen-bond acceptors (Lipinski definition) is 2. The molecule has 1 fully saturated rings. The fourth-order valence-corrected chi connectivity index (χ4v) is 1.63. The van der Waals surface area contributed by atoms with Crippen LogP contribution >= 0.6 is 0 Å². The Hall–Kier alpha value is -0.930. The van der Waals surface area contributed by atoms with Gasteiger partial charge >= 0.3 is 0 Å². The third kappa shape index (κ3) is 2.11. The van der Waals surface area contributed by atoms with Gasteiger partial charge in [-0.05, 0) is 42.4 Å². The van der Waals surface area contributed by atoms with Gasteiger partial charge in [0.1, 0.15) is 5.82 Å². The van der Waals surface area contributed by atoms with Crippen molar-refractivity contribution >= 4 is 0 Å². The van der Waals surface area contributed by atoms with Crippen LogP contribution in [0.5, 0.6) is 0 Å². The van der Waals surface area contributed by atoms with Crippen LogP contribution in [-0.4, -0.2) is 6.61 Å². The standard InChI is InChI=1S/C11H14FNO/c12-11-7-8(5-6-14-13)1-4-10(11)9-2-3-9/h1,4,7,9H,2-3,5-6,13H2. The molecule has 0 unspecified atom stereocenters. The number of rotatable bonds is 4. The van der Waals surface area contributed by atoms with Gasteiger partial charge in [0.15, 0.2) is 0 Å². The second kappa shape index (κ2) is 4.07. The maximum Gasteiger partial charge on any atom is 0.126 e. The van der Waals surface area contributed by atoms with Gasteiger partial charge in [0, 0.05) is 0 Å². The van der Waals surface area contributed by atoms with Crippen molar-refractivity contribution in [2.45, 2.75) is 25.2 Å². The Morgan fingerprint density at radius 3 is 2.79 bits per heavy atom. The predicted octanol–water partition coefficient (Wildman–Crippen LogP) is 2.14. The van der Waals surface area contributed by atoms with E-state index in [4.69, 9.17) is 5.90 Å². The molecule has 2 nitrogen and oxygen atoms in total. The maximum absolute atomic E-state index is 13.5. The smallest absolute Gasteiger partial charge is 0.126 e. The lowest BCUT2D eigenvalue weighted by Crippen LogP contribution is -2.04. The fraction of sp³-hybridized carbons (Fsp3) is 0.455. The minimum absolute atomic E-state index is 0.0815. The first-order valence-electron chi connectivity index (χ1n) is 4.91. The first kappa shape index (κ1) is 9.62. The van der Waals surface area contributed by atoms with Gasteiger partial charge in [0.2, 0.25) is 0 Å². The van der Waals surface area contributed by atoms with E-state index in [9.17, 15) is 4.39 Å². The van der Waals surface area contributed by atoms with Crippen molar-refractivity contribution < 1.29 is 9.23 Å². The molecule has 1 aromatic carbocycles. The lowest BCUT2D eigenvalue weighted by atomic mass is 10.1. The number of benzene rings is 1. The molecule has 0 aliphatic heterocycles. The Labute approximate surface area is 82.8 Å². The van der Waals surface area contributed by atoms with Crippen molar-refractivity contribution in [1.29, 1.82) is 0 Å². The Morgan fingerprint density at radius 1 is 1.43 bits per heavy atom. The van der Waals surface area contributed by atoms with E-state index in [1.54, 1.807) is 6.07 Å². The first-order chi connectivity index (χ1) is 6.81. The van der Waals surface area contributed by atoms with Crippen LogP contribution in [0.4, 0.5) is 4.39 Å². The highest BCUT2D eigenvalue weighted by Crippen LogP contribution is 2.41. The van der Waals surface area contributed by atoms with Crippen LogP contribution in [0.15, 0.2) is 18.2 Å². The van der Waals surface area contributed by atoms with Crippen molar-refractivity contribution in [3.8, 4) is 0 Å². The fourth-order valence-electron chi connectivity index (χ4n) is 1.63. The summed E-state index contributed by atoms with van der Waals surface area (Å²) in [4.78, 5) is 4.45. The summed E-state index contributed by atoms with van der Waals surface area (Å²) in [5.74, 6) is 5.29. The molecule has 3 heteroatoms. The molecule has 0 aromatic heterocycles. The Bertz CT molecular complexity index is 323. The molecule has 76 valence electrons. The van der Waals surface area contributed by atoms with Crippen molar-refractivity contribution in [2.24, 2.45) is 5.90 Å². The molecule has 0 radical (unpaired) electrons. The summed E-state index contributed by atoms with van der Waals surface area (Å²) in [7, 11) is 0. The summed E-state index contributed by atoms with van der Waals surface area (Å²) < 4.78 is 13.5. The topological polar surface area (TPSA) is 35.2 Å². The molecule has 0 amide bonds. The molecule has 2 N–H and O–H groups in total. The van der Waals surface area contributed by atoms with Gasteiger partial charge in [-0.1, -0.05) is 12.1 Å². The Kier molecular flexibility index (Phi) is 2.79. The zero-order valence-electron chi connectivity index (χ0n) is 8.00. The summed E-state index contributed by atoms with van der Waals surface area (Å²) >= 11 is 0. The van der Waals surface area contributed by atoms with Crippen LogP contribution in [0.3, 0.4) is 0 Å². The number of hydrogen-bond donors (Lipinski definition) is 1. The third-order valence-corrected chi connectivity index (χ3v) is 2.59. The van der Waals surface area contributed by atoms with Crippen molar-refractivity contribution in [3.63, 3.8) is 0 Å². The number of halogens is 1. The zero-order valence-corrected chi connectivity index (χ0v) is 8.00. The summed E-state index contributed by atoms with van der Waals surface area (Å²) in [6.07, 6.45) is 2.92. The van der Waals surface area contributed by atoms with Gasteiger partial charge < -0.3 is 4.84 Å². The average Bonchev–Trinajstić information content (AvgIpc) is 2.98. The van der Waals surface area contributed by atoms with E-state index < -0.39 is 0 Å². The molecule has 0 spiro atoms. The largest absolute Gasteiger partial charge is 0.304 e. The summed E-state index contributed by atoms with van der Waals surface area (Å²) in [6.45, 7) is 0.433. The highest BCUT2D eigenvalue weighted by Gasteiger charge is 2.26.